The minimum atomic E-state index is -1.49. The molecule has 356 valence electrons. The van der Waals surface area contributed by atoms with Crippen molar-refractivity contribution in [2.75, 3.05) is 25.6 Å². The molecule has 3 atom stereocenters. The Morgan fingerprint density at radius 1 is 0.600 bits per heavy atom. The highest BCUT2D eigenvalue weighted by Crippen LogP contribution is 2.44. The lowest BCUT2D eigenvalue weighted by atomic mass is 9.76. The van der Waals surface area contributed by atoms with Crippen LogP contribution in [0.4, 0.5) is 10.5 Å². The smallest absolute Gasteiger partial charge is 0.407 e. The van der Waals surface area contributed by atoms with Gasteiger partial charge in [0.2, 0.25) is 11.8 Å². The molecule has 0 bridgehead atoms. The van der Waals surface area contributed by atoms with E-state index in [1.54, 1.807) is 12.1 Å². The van der Waals surface area contributed by atoms with Crippen molar-refractivity contribution in [2.24, 2.45) is 0 Å². The summed E-state index contributed by atoms with van der Waals surface area (Å²) in [5.74, 6) is -2.03. The molecule has 0 spiro atoms. The number of amides is 3. The van der Waals surface area contributed by atoms with Gasteiger partial charge >= 0.3 is 12.1 Å². The molecule has 0 aliphatic heterocycles. The monoisotopic (exact) mass is 934 g/mol. The van der Waals surface area contributed by atoms with Crippen LogP contribution < -0.4 is 21.3 Å². The Kier molecular flexibility index (Phi) is 15.9. The quantitative estimate of drug-likeness (QED) is 0.0288. The molecule has 7 aromatic carbocycles. The molecule has 8 rings (SSSR count). The zero-order valence-corrected chi connectivity index (χ0v) is 39.3. The molecule has 70 heavy (non-hydrogen) atoms. The van der Waals surface area contributed by atoms with Crippen LogP contribution in [0.1, 0.15) is 75.8 Å². The van der Waals surface area contributed by atoms with Gasteiger partial charge in [0.25, 0.3) is 0 Å². The van der Waals surface area contributed by atoms with Gasteiger partial charge in [-0.15, -0.1) is 0 Å². The summed E-state index contributed by atoms with van der Waals surface area (Å²) < 4.78 is 10.6. The number of fused-ring (bicyclic) bond motifs is 3. The van der Waals surface area contributed by atoms with E-state index in [0.717, 1.165) is 50.1 Å². The third-order valence-electron chi connectivity index (χ3n) is 13.0. The van der Waals surface area contributed by atoms with Crippen molar-refractivity contribution in [3.05, 3.63) is 233 Å². The normalized spacial score (nSPS) is 13.2. The first-order chi connectivity index (χ1) is 34.1. The highest BCUT2D eigenvalue weighted by atomic mass is 16.5. The van der Waals surface area contributed by atoms with Gasteiger partial charge in [-0.3, -0.25) is 14.9 Å². The highest BCUT2D eigenvalue weighted by molar-refractivity contribution is 5.98. The number of methoxy groups -OCH3 is 1. The van der Waals surface area contributed by atoms with E-state index < -0.39 is 47.6 Å². The van der Waals surface area contributed by atoms with Crippen LogP contribution in [-0.2, 0) is 35.8 Å². The number of benzene rings is 7. The first-order valence-corrected chi connectivity index (χ1v) is 23.7. The SMILES string of the molecule is COC(=O)C(O)c1ccc(NC(=O)[C@H](CCCCNC(c2ccccc2)(c2ccccc2)c2ccc(C)cc2)NC(=O)[C@H](Cc2ccccc2)NC(=O)OCC2c3ccccc3-c3ccccc32)cc1. The summed E-state index contributed by atoms with van der Waals surface area (Å²) in [5, 5.41) is 23.0. The fraction of sp³-hybridized carbons (Fsp3) is 0.220. The number of unbranched alkanes of at least 4 members (excludes halogenated alkanes) is 1. The molecule has 1 aliphatic rings. The van der Waals surface area contributed by atoms with Crippen LogP contribution in [0.5, 0.6) is 0 Å². The van der Waals surface area contributed by atoms with Crippen LogP contribution in [0.3, 0.4) is 0 Å². The minimum Gasteiger partial charge on any atom is -0.467 e. The van der Waals surface area contributed by atoms with E-state index in [1.807, 2.05) is 103 Å². The number of anilines is 1. The second-order valence-corrected chi connectivity index (χ2v) is 17.6. The second-order valence-electron chi connectivity index (χ2n) is 17.6. The molecule has 1 aliphatic carbocycles. The standard InChI is InChI=1S/C59H58N4O7/c1-40-29-33-45(34-30-40)59(43-20-8-4-9-21-43,44-22-10-5-11-23-44)60-37-17-16-28-52(55(65)61-46-35-31-42(32-36-46)54(64)57(67)69-2)62-56(66)53(38-41-18-6-3-7-19-41)63-58(68)70-39-51-49-26-14-12-24-47(49)48-25-13-15-27-50(48)51/h3-15,18-27,29-36,51-54,60,64H,16-17,28,37-39H2,1-2H3,(H,61,65)(H,62,66)(H,63,68)/t52-,53-,54?/m0/s1. The Morgan fingerprint density at radius 3 is 1.73 bits per heavy atom. The third-order valence-corrected chi connectivity index (χ3v) is 13.0. The number of carbonyl (C=O) groups excluding carboxylic acids is 4. The molecule has 3 amide bonds. The van der Waals surface area contributed by atoms with E-state index in [0.29, 0.717) is 25.1 Å². The largest absolute Gasteiger partial charge is 0.467 e. The van der Waals surface area contributed by atoms with Crippen LogP contribution in [0.15, 0.2) is 188 Å². The number of hydrogen-bond donors (Lipinski definition) is 5. The van der Waals surface area contributed by atoms with E-state index in [-0.39, 0.29) is 30.9 Å². The van der Waals surface area contributed by atoms with E-state index in [9.17, 15) is 24.3 Å². The molecule has 0 radical (unpaired) electrons. The summed E-state index contributed by atoms with van der Waals surface area (Å²) in [7, 11) is 1.19. The first-order valence-electron chi connectivity index (χ1n) is 23.7. The molecule has 11 nitrogen and oxygen atoms in total. The van der Waals surface area contributed by atoms with Gasteiger partial charge in [0, 0.05) is 18.0 Å². The summed E-state index contributed by atoms with van der Waals surface area (Å²) in [5.41, 5.74) is 9.50. The van der Waals surface area contributed by atoms with Gasteiger partial charge in [-0.25, -0.2) is 9.59 Å². The van der Waals surface area contributed by atoms with Crippen LogP contribution in [-0.4, -0.2) is 61.3 Å². The Bertz CT molecular complexity index is 2770. The molecule has 11 heteroatoms. The molecule has 7 aromatic rings. The second kappa shape index (κ2) is 23.0. The zero-order chi connectivity index (χ0) is 48.9. The predicted molar refractivity (Wildman–Crippen MR) is 272 cm³/mol. The number of rotatable bonds is 20. The van der Waals surface area contributed by atoms with Crippen LogP contribution >= 0.6 is 0 Å². The Labute approximate surface area is 409 Å². The van der Waals surface area contributed by atoms with Crippen LogP contribution in [0, 0.1) is 6.92 Å². The summed E-state index contributed by atoms with van der Waals surface area (Å²) >= 11 is 0. The van der Waals surface area contributed by atoms with Gasteiger partial charge in [0.05, 0.1) is 12.6 Å². The molecule has 0 saturated carbocycles. The molecule has 0 fully saturated rings. The number of alkyl carbamates (subject to hydrolysis) is 1. The molecule has 1 unspecified atom stereocenters. The van der Waals surface area contributed by atoms with Crippen LogP contribution in [0.25, 0.3) is 11.1 Å². The Morgan fingerprint density at radius 2 is 1.14 bits per heavy atom. The van der Waals surface area contributed by atoms with Crippen LogP contribution in [0.2, 0.25) is 0 Å². The molecule has 5 N–H and O–H groups in total. The van der Waals surface area contributed by atoms with E-state index in [2.05, 4.69) is 93.6 Å². The number of carbonyl (C=O) groups is 4. The first kappa shape index (κ1) is 48.6. The summed E-state index contributed by atoms with van der Waals surface area (Å²) in [6, 6.07) is 58.8. The lowest BCUT2D eigenvalue weighted by Gasteiger charge is -2.37. The summed E-state index contributed by atoms with van der Waals surface area (Å²) in [6.07, 6.45) is -0.679. The van der Waals surface area contributed by atoms with Crippen molar-refractivity contribution in [3.8, 4) is 11.1 Å². The molecule has 0 aromatic heterocycles. The Hall–Kier alpha value is -7.86. The van der Waals surface area contributed by atoms with Crippen molar-refractivity contribution in [1.29, 1.82) is 0 Å². The average Bonchev–Trinajstić information content (AvgIpc) is 3.72. The summed E-state index contributed by atoms with van der Waals surface area (Å²) in [4.78, 5) is 54.6. The van der Waals surface area contributed by atoms with E-state index >= 15 is 0 Å². The lowest BCUT2D eigenvalue weighted by molar-refractivity contribution is -0.150. The lowest BCUT2D eigenvalue weighted by Crippen LogP contribution is -2.53. The third kappa shape index (κ3) is 11.3. The number of nitrogens with one attached hydrogen (secondary N) is 4. The fourth-order valence-electron chi connectivity index (χ4n) is 9.34. The number of esters is 1. The van der Waals surface area contributed by atoms with Gasteiger partial charge in [-0.05, 0) is 94.9 Å². The molecule has 0 saturated heterocycles. The number of aliphatic hydroxyl groups excluding tert-OH is 1. The van der Waals surface area contributed by atoms with Gasteiger partial charge in [0.1, 0.15) is 18.7 Å². The van der Waals surface area contributed by atoms with E-state index in [1.165, 1.54) is 19.2 Å². The van der Waals surface area contributed by atoms with Gasteiger partial charge < -0.3 is 30.5 Å². The number of hydrogen-bond acceptors (Lipinski definition) is 8. The number of aliphatic hydroxyl groups is 1. The predicted octanol–water partition coefficient (Wildman–Crippen LogP) is 9.53. The Balaban J connectivity index is 1.01. The zero-order valence-electron chi connectivity index (χ0n) is 39.3. The number of aryl methyl sites for hydroxylation is 1. The maximum Gasteiger partial charge on any atom is 0.407 e. The van der Waals surface area contributed by atoms with Gasteiger partial charge in [-0.1, -0.05) is 181 Å². The average molecular weight is 935 g/mol. The molecular weight excluding hydrogens is 877 g/mol. The topological polar surface area (TPSA) is 155 Å². The van der Waals surface area contributed by atoms with Gasteiger partial charge in [-0.2, -0.15) is 0 Å². The van der Waals surface area contributed by atoms with Crippen molar-refractivity contribution in [1.82, 2.24) is 16.0 Å². The van der Waals surface area contributed by atoms with Crippen molar-refractivity contribution >= 4 is 29.6 Å². The molecular formula is C59H58N4O7. The minimum absolute atomic E-state index is 0.0633. The van der Waals surface area contributed by atoms with E-state index in [4.69, 9.17) is 4.74 Å². The maximum absolute atomic E-state index is 14.5. The number of ether oxygens (including phenoxy) is 2. The highest BCUT2D eigenvalue weighted by Gasteiger charge is 2.36. The fourth-order valence-corrected chi connectivity index (χ4v) is 9.34. The van der Waals surface area contributed by atoms with Gasteiger partial charge in [0.15, 0.2) is 6.10 Å². The van der Waals surface area contributed by atoms with Crippen molar-refractivity contribution < 1.29 is 33.8 Å². The van der Waals surface area contributed by atoms with Crippen molar-refractivity contribution in [2.45, 2.75) is 62.3 Å². The van der Waals surface area contributed by atoms with Crippen molar-refractivity contribution in [3.63, 3.8) is 0 Å². The maximum atomic E-state index is 14.5. The molecule has 0 heterocycles. The summed E-state index contributed by atoms with van der Waals surface area (Å²) in [6.45, 7) is 2.69.